The maximum Gasteiger partial charge on any atom is 0.297 e. The molecule has 0 amide bonds. The van der Waals surface area contributed by atoms with E-state index in [0.717, 1.165) is 22.4 Å². The third-order valence-electron chi connectivity index (χ3n) is 4.83. The van der Waals surface area contributed by atoms with Crippen molar-refractivity contribution >= 4 is 28.2 Å². The SMILES string of the molecule is CNc1ccc(/C=N/N=C/c2ccc(OCCOCCOS(=O)(=O)c3ccc(C)cc3)cc2)cc1. The van der Waals surface area contributed by atoms with E-state index >= 15 is 0 Å². The molecule has 3 aromatic rings. The van der Waals surface area contributed by atoms with Gasteiger partial charge in [0.15, 0.2) is 0 Å². The summed E-state index contributed by atoms with van der Waals surface area (Å²) < 4.78 is 40.2. The second-order valence-corrected chi connectivity index (χ2v) is 9.10. The lowest BCUT2D eigenvalue weighted by atomic mass is 10.2. The van der Waals surface area contributed by atoms with Gasteiger partial charge in [-0.05, 0) is 66.6 Å². The molecule has 3 rings (SSSR count). The van der Waals surface area contributed by atoms with Gasteiger partial charge in [0.25, 0.3) is 10.1 Å². The minimum atomic E-state index is -3.78. The van der Waals surface area contributed by atoms with Crippen LogP contribution in [-0.2, 0) is 19.0 Å². The average molecular weight is 496 g/mol. The van der Waals surface area contributed by atoms with Crippen molar-refractivity contribution in [2.75, 3.05) is 38.8 Å². The lowest BCUT2D eigenvalue weighted by Crippen LogP contribution is -2.14. The minimum absolute atomic E-state index is 0.0615. The zero-order valence-corrected chi connectivity index (χ0v) is 20.6. The summed E-state index contributed by atoms with van der Waals surface area (Å²) in [5.74, 6) is 0.692. The Bertz CT molecular complexity index is 1210. The van der Waals surface area contributed by atoms with E-state index in [1.54, 1.807) is 24.6 Å². The van der Waals surface area contributed by atoms with Crippen molar-refractivity contribution in [1.82, 2.24) is 0 Å². The summed E-state index contributed by atoms with van der Waals surface area (Å²) in [6.07, 6.45) is 3.35. The van der Waals surface area contributed by atoms with Crippen molar-refractivity contribution in [2.24, 2.45) is 10.2 Å². The Kier molecular flexibility index (Phi) is 9.97. The second kappa shape index (κ2) is 13.4. The van der Waals surface area contributed by atoms with E-state index in [1.807, 2.05) is 62.5 Å². The largest absolute Gasteiger partial charge is 0.491 e. The Morgan fingerprint density at radius 3 is 1.94 bits per heavy atom. The maximum absolute atomic E-state index is 12.1. The Morgan fingerprint density at radius 1 is 0.771 bits per heavy atom. The van der Waals surface area contributed by atoms with Gasteiger partial charge in [-0.15, -0.1) is 0 Å². The van der Waals surface area contributed by atoms with E-state index in [-0.39, 0.29) is 18.1 Å². The standard InChI is InChI=1S/C26H29N3O5S/c1-21-3-13-26(14-4-21)35(30,31)34-18-16-32-15-17-33-25-11-7-23(8-12-25)20-29-28-19-22-5-9-24(27-2)10-6-22/h3-14,19-20,27H,15-18H2,1-2H3/b28-19+,29-20+. The number of aryl methyl sites for hydroxylation is 1. The van der Waals surface area contributed by atoms with Crippen LogP contribution in [0.3, 0.4) is 0 Å². The molecule has 0 heterocycles. The molecule has 0 atom stereocenters. The Balaban J connectivity index is 1.31. The molecule has 0 radical (unpaired) electrons. The van der Waals surface area contributed by atoms with Crippen molar-refractivity contribution in [3.8, 4) is 5.75 Å². The summed E-state index contributed by atoms with van der Waals surface area (Å²) in [5.41, 5.74) is 3.87. The maximum atomic E-state index is 12.1. The molecule has 0 fully saturated rings. The van der Waals surface area contributed by atoms with Crippen LogP contribution < -0.4 is 10.1 Å². The summed E-state index contributed by atoms with van der Waals surface area (Å²) in [6, 6.07) is 21.8. The van der Waals surface area contributed by atoms with Crippen LogP contribution in [0.5, 0.6) is 5.75 Å². The van der Waals surface area contributed by atoms with Crippen LogP contribution in [0, 0.1) is 6.92 Å². The fraction of sp³-hybridized carbons (Fsp3) is 0.231. The molecule has 8 nitrogen and oxygen atoms in total. The van der Waals surface area contributed by atoms with Crippen molar-refractivity contribution in [3.05, 3.63) is 89.5 Å². The molecule has 0 aliphatic heterocycles. The molecule has 3 aromatic carbocycles. The Labute approximate surface area is 206 Å². The van der Waals surface area contributed by atoms with Gasteiger partial charge in [-0.2, -0.15) is 18.6 Å². The van der Waals surface area contributed by atoms with Crippen LogP contribution in [0.25, 0.3) is 0 Å². The number of anilines is 1. The molecule has 0 aromatic heterocycles. The van der Waals surface area contributed by atoms with Crippen LogP contribution in [-0.4, -0.2) is 54.3 Å². The van der Waals surface area contributed by atoms with Gasteiger partial charge >= 0.3 is 0 Å². The van der Waals surface area contributed by atoms with Crippen molar-refractivity contribution in [1.29, 1.82) is 0 Å². The quantitative estimate of drug-likeness (QED) is 0.164. The summed E-state index contributed by atoms with van der Waals surface area (Å²) in [7, 11) is -1.90. The monoisotopic (exact) mass is 495 g/mol. The van der Waals surface area contributed by atoms with Crippen LogP contribution >= 0.6 is 0 Å². The summed E-state index contributed by atoms with van der Waals surface area (Å²) in [4.78, 5) is 0.131. The van der Waals surface area contributed by atoms with Gasteiger partial charge in [0.05, 0.1) is 37.1 Å². The van der Waals surface area contributed by atoms with Crippen LogP contribution in [0.1, 0.15) is 16.7 Å². The zero-order chi connectivity index (χ0) is 24.9. The molecule has 1 N–H and O–H groups in total. The average Bonchev–Trinajstić information content (AvgIpc) is 2.87. The number of nitrogens with zero attached hydrogens (tertiary/aromatic N) is 2. The summed E-state index contributed by atoms with van der Waals surface area (Å²) >= 11 is 0. The van der Waals surface area contributed by atoms with E-state index < -0.39 is 10.1 Å². The number of benzene rings is 3. The zero-order valence-electron chi connectivity index (χ0n) is 19.8. The van der Waals surface area contributed by atoms with Crippen LogP contribution in [0.2, 0.25) is 0 Å². The molecule has 0 spiro atoms. The third-order valence-corrected chi connectivity index (χ3v) is 6.16. The number of hydrogen-bond donors (Lipinski definition) is 1. The first-order valence-corrected chi connectivity index (χ1v) is 12.5. The number of rotatable bonds is 13. The van der Waals surface area contributed by atoms with Gasteiger partial charge in [-0.3, -0.25) is 4.18 Å². The fourth-order valence-electron chi connectivity index (χ4n) is 2.88. The van der Waals surface area contributed by atoms with Crippen LogP contribution in [0.4, 0.5) is 5.69 Å². The van der Waals surface area contributed by atoms with Crippen molar-refractivity contribution in [2.45, 2.75) is 11.8 Å². The van der Waals surface area contributed by atoms with Gasteiger partial charge in [0.1, 0.15) is 12.4 Å². The van der Waals surface area contributed by atoms with E-state index in [2.05, 4.69) is 15.5 Å². The number of hydrogen-bond acceptors (Lipinski definition) is 8. The van der Waals surface area contributed by atoms with E-state index in [0.29, 0.717) is 19.0 Å². The second-order valence-electron chi connectivity index (χ2n) is 7.48. The first kappa shape index (κ1) is 26.1. The highest BCUT2D eigenvalue weighted by atomic mass is 32.2. The van der Waals surface area contributed by atoms with Crippen molar-refractivity contribution < 1.29 is 22.1 Å². The van der Waals surface area contributed by atoms with Crippen LogP contribution in [0.15, 0.2) is 87.9 Å². The first-order chi connectivity index (χ1) is 17.0. The molecule has 0 saturated heterocycles. The van der Waals surface area contributed by atoms with Gasteiger partial charge in [0.2, 0.25) is 0 Å². The Morgan fingerprint density at radius 2 is 1.34 bits per heavy atom. The van der Waals surface area contributed by atoms with Gasteiger partial charge in [-0.1, -0.05) is 29.8 Å². The predicted octanol–water partition coefficient (Wildman–Crippen LogP) is 4.29. The molecular formula is C26H29N3O5S. The molecular weight excluding hydrogens is 466 g/mol. The number of nitrogens with one attached hydrogen (secondary N) is 1. The smallest absolute Gasteiger partial charge is 0.297 e. The predicted molar refractivity (Wildman–Crippen MR) is 138 cm³/mol. The molecule has 0 unspecified atom stereocenters. The first-order valence-electron chi connectivity index (χ1n) is 11.1. The highest BCUT2D eigenvalue weighted by Crippen LogP contribution is 2.13. The highest BCUT2D eigenvalue weighted by Gasteiger charge is 2.14. The lowest BCUT2D eigenvalue weighted by Gasteiger charge is -2.08. The van der Waals surface area contributed by atoms with E-state index in [9.17, 15) is 8.42 Å². The molecule has 0 saturated carbocycles. The topological polar surface area (TPSA) is 98.6 Å². The van der Waals surface area contributed by atoms with Gasteiger partial charge < -0.3 is 14.8 Å². The van der Waals surface area contributed by atoms with Gasteiger partial charge in [-0.25, -0.2) is 0 Å². The summed E-state index contributed by atoms with van der Waals surface area (Å²) in [5, 5.41) is 11.2. The molecule has 9 heteroatoms. The van der Waals surface area contributed by atoms with E-state index in [4.69, 9.17) is 13.7 Å². The normalized spacial score (nSPS) is 11.8. The van der Waals surface area contributed by atoms with Crippen molar-refractivity contribution in [3.63, 3.8) is 0 Å². The number of ether oxygens (including phenoxy) is 2. The third kappa shape index (κ3) is 8.97. The molecule has 35 heavy (non-hydrogen) atoms. The molecule has 0 bridgehead atoms. The Hall–Kier alpha value is -3.53. The highest BCUT2D eigenvalue weighted by molar-refractivity contribution is 7.86. The fourth-order valence-corrected chi connectivity index (χ4v) is 3.78. The van der Waals surface area contributed by atoms with Gasteiger partial charge in [0, 0.05) is 12.7 Å². The molecule has 184 valence electrons. The summed E-state index contributed by atoms with van der Waals surface area (Å²) in [6.45, 7) is 2.60. The van der Waals surface area contributed by atoms with E-state index in [1.165, 1.54) is 12.1 Å². The minimum Gasteiger partial charge on any atom is -0.491 e. The molecule has 0 aliphatic carbocycles. The molecule has 0 aliphatic rings. The lowest BCUT2D eigenvalue weighted by molar-refractivity contribution is 0.0779.